The number of ether oxygens (including phenoxy) is 1. The maximum atomic E-state index is 13.1. The molecule has 2 aromatic carbocycles. The van der Waals surface area contributed by atoms with Crippen LogP contribution in [-0.4, -0.2) is 48.4 Å². The molecular formula is C26H23ClN2O5. The second kappa shape index (κ2) is 8.91. The van der Waals surface area contributed by atoms with Gasteiger partial charge in [-0.2, -0.15) is 0 Å². The third-order valence-electron chi connectivity index (χ3n) is 6.24. The molecular weight excluding hydrogens is 456 g/mol. The van der Waals surface area contributed by atoms with Gasteiger partial charge in [0.25, 0.3) is 11.7 Å². The molecule has 174 valence electrons. The molecule has 2 aliphatic rings. The number of halogens is 1. The number of amides is 1. The number of rotatable bonds is 5. The number of furan rings is 1. The number of nitrogens with zero attached hydrogens (tertiary/aromatic N) is 2. The number of anilines is 1. The summed E-state index contributed by atoms with van der Waals surface area (Å²) in [5.74, 6) is -0.533. The molecule has 5 rings (SSSR count). The predicted molar refractivity (Wildman–Crippen MR) is 128 cm³/mol. The number of carbonyl (C=O) groups excluding carboxylic acids is 2. The molecule has 1 amide bonds. The number of ketones is 1. The van der Waals surface area contributed by atoms with Crippen LogP contribution in [0.25, 0.3) is 5.76 Å². The Morgan fingerprint density at radius 3 is 2.68 bits per heavy atom. The molecule has 34 heavy (non-hydrogen) atoms. The number of likely N-dealkylation sites (N-methyl/N-ethyl adjacent to an activating group) is 1. The molecule has 3 aromatic rings. The molecule has 1 unspecified atom stereocenters. The summed E-state index contributed by atoms with van der Waals surface area (Å²) in [5.41, 5.74) is 2.22. The van der Waals surface area contributed by atoms with E-state index < -0.39 is 17.7 Å². The van der Waals surface area contributed by atoms with Crippen molar-refractivity contribution in [3.63, 3.8) is 0 Å². The van der Waals surface area contributed by atoms with Gasteiger partial charge >= 0.3 is 0 Å². The van der Waals surface area contributed by atoms with Gasteiger partial charge in [-0.1, -0.05) is 23.7 Å². The lowest BCUT2D eigenvalue weighted by molar-refractivity contribution is -0.140. The number of hydrogen-bond donors (Lipinski definition) is 1. The van der Waals surface area contributed by atoms with Crippen molar-refractivity contribution in [2.45, 2.75) is 12.5 Å². The van der Waals surface area contributed by atoms with Crippen LogP contribution in [-0.2, 0) is 16.0 Å². The second-order valence-corrected chi connectivity index (χ2v) is 8.77. The van der Waals surface area contributed by atoms with Gasteiger partial charge in [-0.3, -0.25) is 9.59 Å². The normalized spacial score (nSPS) is 19.3. The number of aliphatic hydroxyl groups excluding tert-OH is 1. The van der Waals surface area contributed by atoms with Crippen molar-refractivity contribution >= 4 is 34.7 Å². The Morgan fingerprint density at radius 1 is 1.15 bits per heavy atom. The molecule has 0 radical (unpaired) electrons. The van der Waals surface area contributed by atoms with E-state index in [2.05, 4.69) is 0 Å². The van der Waals surface area contributed by atoms with Crippen LogP contribution in [0.15, 0.2) is 70.9 Å². The Morgan fingerprint density at radius 2 is 1.94 bits per heavy atom. The fourth-order valence-electron chi connectivity index (χ4n) is 4.41. The minimum absolute atomic E-state index is 0.00962. The number of likely N-dealkylation sites (tertiary alicyclic amines) is 1. The zero-order valence-electron chi connectivity index (χ0n) is 18.5. The summed E-state index contributed by atoms with van der Waals surface area (Å²) in [6, 6.07) is 15.1. The highest BCUT2D eigenvalue weighted by atomic mass is 35.5. The third-order valence-corrected chi connectivity index (χ3v) is 6.49. The molecule has 0 bridgehead atoms. The van der Waals surface area contributed by atoms with E-state index in [1.165, 1.54) is 11.2 Å². The minimum atomic E-state index is -0.827. The van der Waals surface area contributed by atoms with Crippen molar-refractivity contribution in [3.8, 4) is 5.75 Å². The van der Waals surface area contributed by atoms with Gasteiger partial charge in [-0.15, -0.1) is 0 Å². The van der Waals surface area contributed by atoms with Crippen LogP contribution in [0, 0.1) is 0 Å². The summed E-state index contributed by atoms with van der Waals surface area (Å²) in [5, 5.41) is 11.9. The molecule has 1 N–H and O–H groups in total. The Hall–Kier alpha value is -3.71. The lowest BCUT2D eigenvalue weighted by Crippen LogP contribution is -2.31. The SMILES string of the molecule is CN1CCOc2ccc(/C(O)=C3/C(=O)C(=O)N(CCc4ccc(Cl)cc4)C3c3ccco3)cc21. The van der Waals surface area contributed by atoms with Crippen LogP contribution in [0.5, 0.6) is 5.75 Å². The molecule has 1 saturated heterocycles. The Kier molecular flexibility index (Phi) is 5.79. The van der Waals surface area contributed by atoms with Gasteiger partial charge in [-0.05, 0) is 54.4 Å². The van der Waals surface area contributed by atoms with Gasteiger partial charge in [0.05, 0.1) is 24.1 Å². The van der Waals surface area contributed by atoms with Crippen LogP contribution < -0.4 is 9.64 Å². The van der Waals surface area contributed by atoms with E-state index >= 15 is 0 Å². The van der Waals surface area contributed by atoms with Gasteiger partial charge in [0.15, 0.2) is 0 Å². The van der Waals surface area contributed by atoms with Crippen molar-refractivity contribution in [2.75, 3.05) is 31.6 Å². The fourth-order valence-corrected chi connectivity index (χ4v) is 4.53. The zero-order valence-corrected chi connectivity index (χ0v) is 19.3. The molecule has 0 aliphatic carbocycles. The van der Waals surface area contributed by atoms with E-state index in [0.29, 0.717) is 41.7 Å². The summed E-state index contributed by atoms with van der Waals surface area (Å²) in [7, 11) is 1.93. The summed E-state index contributed by atoms with van der Waals surface area (Å²) in [6.07, 6.45) is 2.00. The molecule has 7 nitrogen and oxygen atoms in total. The Labute approximate surface area is 201 Å². The topological polar surface area (TPSA) is 83.2 Å². The lowest BCUT2D eigenvalue weighted by atomic mass is 9.98. The zero-order chi connectivity index (χ0) is 23.8. The van der Waals surface area contributed by atoms with Gasteiger partial charge in [0.2, 0.25) is 0 Å². The maximum absolute atomic E-state index is 13.1. The summed E-state index contributed by atoms with van der Waals surface area (Å²) >= 11 is 5.97. The van der Waals surface area contributed by atoms with Crippen LogP contribution in [0.2, 0.25) is 5.02 Å². The first-order chi connectivity index (χ1) is 16.4. The van der Waals surface area contributed by atoms with Crippen molar-refractivity contribution in [2.24, 2.45) is 0 Å². The molecule has 1 fully saturated rings. The van der Waals surface area contributed by atoms with Crippen LogP contribution in [0.3, 0.4) is 0 Å². The second-order valence-electron chi connectivity index (χ2n) is 8.34. The standard InChI is InChI=1S/C26H23ClN2O5/c1-28-12-14-34-20-9-6-17(15-19(20)28)24(30)22-23(21-3-2-13-33-21)29(26(32)25(22)31)11-10-16-4-7-18(27)8-5-16/h2-9,13,15,23,30H,10-12,14H2,1H3/b24-22-. The van der Waals surface area contributed by atoms with Gasteiger partial charge in [0.1, 0.15) is 29.9 Å². The van der Waals surface area contributed by atoms with Crippen molar-refractivity contribution < 1.29 is 23.8 Å². The molecule has 0 saturated carbocycles. The van der Waals surface area contributed by atoms with Gasteiger partial charge in [-0.25, -0.2) is 0 Å². The first kappa shape index (κ1) is 22.1. The molecule has 2 aliphatic heterocycles. The van der Waals surface area contributed by atoms with Crippen molar-refractivity contribution in [1.82, 2.24) is 4.90 Å². The summed E-state index contributed by atoms with van der Waals surface area (Å²) < 4.78 is 11.3. The summed E-state index contributed by atoms with van der Waals surface area (Å²) in [6.45, 7) is 1.56. The largest absolute Gasteiger partial charge is 0.507 e. The number of hydrogen-bond acceptors (Lipinski definition) is 6. The van der Waals surface area contributed by atoms with Gasteiger partial charge in [0, 0.05) is 24.2 Å². The van der Waals surface area contributed by atoms with E-state index in [-0.39, 0.29) is 17.9 Å². The molecule has 1 atom stereocenters. The smallest absolute Gasteiger partial charge is 0.295 e. The van der Waals surface area contributed by atoms with E-state index in [1.54, 1.807) is 42.5 Å². The Balaban J connectivity index is 1.53. The van der Waals surface area contributed by atoms with Crippen molar-refractivity contribution in [1.29, 1.82) is 0 Å². The quantitative estimate of drug-likeness (QED) is 0.332. The molecule has 0 spiro atoms. The number of fused-ring (bicyclic) bond motifs is 1. The van der Waals surface area contributed by atoms with E-state index in [0.717, 1.165) is 11.3 Å². The predicted octanol–water partition coefficient (Wildman–Crippen LogP) is 4.43. The highest BCUT2D eigenvalue weighted by molar-refractivity contribution is 6.46. The minimum Gasteiger partial charge on any atom is -0.507 e. The number of benzene rings is 2. The number of aliphatic hydroxyl groups is 1. The first-order valence-electron chi connectivity index (χ1n) is 11.0. The number of Topliss-reactive ketones (excluding diaryl/α,β-unsaturated/α-hetero) is 1. The average Bonchev–Trinajstić information content (AvgIpc) is 3.46. The van der Waals surface area contributed by atoms with Crippen LogP contribution >= 0.6 is 11.6 Å². The highest BCUT2D eigenvalue weighted by Gasteiger charge is 2.47. The monoisotopic (exact) mass is 478 g/mol. The van der Waals surface area contributed by atoms with Crippen molar-refractivity contribution in [3.05, 3.63) is 88.3 Å². The first-order valence-corrected chi connectivity index (χ1v) is 11.4. The maximum Gasteiger partial charge on any atom is 0.295 e. The fraction of sp³-hybridized carbons (Fsp3) is 0.231. The molecule has 1 aromatic heterocycles. The Bertz CT molecular complexity index is 1270. The molecule has 8 heteroatoms. The third kappa shape index (κ3) is 3.92. The number of carbonyl (C=O) groups is 2. The van der Waals surface area contributed by atoms with E-state index in [9.17, 15) is 14.7 Å². The van der Waals surface area contributed by atoms with E-state index in [4.69, 9.17) is 20.8 Å². The van der Waals surface area contributed by atoms with Crippen LogP contribution in [0.1, 0.15) is 22.9 Å². The average molecular weight is 479 g/mol. The summed E-state index contributed by atoms with van der Waals surface area (Å²) in [4.78, 5) is 29.7. The van der Waals surface area contributed by atoms with Gasteiger partial charge < -0.3 is 24.1 Å². The highest BCUT2D eigenvalue weighted by Crippen LogP contribution is 2.41. The van der Waals surface area contributed by atoms with E-state index in [1.807, 2.05) is 24.1 Å². The molecule has 3 heterocycles. The lowest BCUT2D eigenvalue weighted by Gasteiger charge is -2.28. The van der Waals surface area contributed by atoms with Crippen LogP contribution in [0.4, 0.5) is 5.69 Å².